The third-order valence-electron chi connectivity index (χ3n) is 2.27. The second kappa shape index (κ2) is 6.38. The van der Waals surface area contributed by atoms with Gasteiger partial charge in [0, 0.05) is 3.57 Å². The number of rotatable bonds is 3. The van der Waals surface area contributed by atoms with Crippen molar-refractivity contribution in [3.63, 3.8) is 0 Å². The molecule has 19 heavy (non-hydrogen) atoms. The molecule has 1 aromatic carbocycles. The minimum absolute atomic E-state index is 0.0399. The molecule has 0 saturated carbocycles. The van der Waals surface area contributed by atoms with Gasteiger partial charge in [-0.3, -0.25) is 4.79 Å². The molecular formula is C12H11IN2O3S. The summed E-state index contributed by atoms with van der Waals surface area (Å²) in [4.78, 5) is 27.0. The van der Waals surface area contributed by atoms with Crippen LogP contribution in [-0.4, -0.2) is 29.4 Å². The number of carbonyl (C=O) groups is 2. The number of ether oxygens (including phenoxy) is 1. The molecule has 1 heterocycles. The lowest BCUT2D eigenvalue weighted by molar-refractivity contribution is -0.116. The maximum atomic E-state index is 11.6. The number of hydrogen-bond donors (Lipinski definition) is 1. The largest absolute Gasteiger partial charge is 0.462 e. The quantitative estimate of drug-likeness (QED) is 0.636. The number of thioether (sulfide) groups is 1. The molecule has 2 rings (SSSR count). The first-order chi connectivity index (χ1) is 9.10. The van der Waals surface area contributed by atoms with Crippen LogP contribution in [0, 0.1) is 3.57 Å². The Balaban J connectivity index is 2.20. The van der Waals surface area contributed by atoms with E-state index in [1.54, 1.807) is 25.1 Å². The van der Waals surface area contributed by atoms with Gasteiger partial charge in [-0.05, 0) is 47.7 Å². The predicted octanol–water partition coefficient (Wildman–Crippen LogP) is 2.32. The number of nitrogens with zero attached hydrogens (tertiary/aromatic N) is 1. The molecule has 1 aromatic rings. The molecule has 1 fully saturated rings. The van der Waals surface area contributed by atoms with Crippen molar-refractivity contribution in [2.45, 2.75) is 6.92 Å². The van der Waals surface area contributed by atoms with Gasteiger partial charge in [0.05, 0.1) is 23.6 Å². The van der Waals surface area contributed by atoms with Crippen molar-refractivity contribution in [2.24, 2.45) is 4.99 Å². The molecule has 0 bridgehead atoms. The van der Waals surface area contributed by atoms with Gasteiger partial charge in [0.2, 0.25) is 5.91 Å². The number of esters is 1. The molecule has 0 spiro atoms. The Morgan fingerprint density at radius 1 is 1.58 bits per heavy atom. The van der Waals surface area contributed by atoms with Crippen LogP contribution in [0.1, 0.15) is 17.3 Å². The summed E-state index contributed by atoms with van der Waals surface area (Å²) in [7, 11) is 0. The van der Waals surface area contributed by atoms with E-state index < -0.39 is 0 Å². The van der Waals surface area contributed by atoms with E-state index in [2.05, 4.69) is 32.9 Å². The molecule has 1 saturated heterocycles. The zero-order valence-corrected chi connectivity index (χ0v) is 13.1. The SMILES string of the molecule is CCOC(=O)c1ccc(N=C2NC(=O)CS2)c(I)c1. The maximum absolute atomic E-state index is 11.6. The summed E-state index contributed by atoms with van der Waals surface area (Å²) >= 11 is 3.47. The van der Waals surface area contributed by atoms with Crippen LogP contribution in [0.3, 0.4) is 0 Å². The van der Waals surface area contributed by atoms with Gasteiger partial charge in [-0.15, -0.1) is 0 Å². The number of amides is 1. The van der Waals surface area contributed by atoms with E-state index in [1.165, 1.54) is 11.8 Å². The molecular weight excluding hydrogens is 379 g/mol. The summed E-state index contributed by atoms with van der Waals surface area (Å²) < 4.78 is 5.76. The average molecular weight is 390 g/mol. The van der Waals surface area contributed by atoms with Gasteiger partial charge in [0.1, 0.15) is 0 Å². The highest BCUT2D eigenvalue weighted by atomic mass is 127. The van der Waals surface area contributed by atoms with E-state index in [9.17, 15) is 9.59 Å². The Labute approximate surface area is 128 Å². The van der Waals surface area contributed by atoms with E-state index in [4.69, 9.17) is 4.74 Å². The second-order valence-corrected chi connectivity index (χ2v) is 5.77. The highest BCUT2D eigenvalue weighted by Gasteiger charge is 2.17. The monoisotopic (exact) mass is 390 g/mol. The molecule has 100 valence electrons. The lowest BCUT2D eigenvalue weighted by atomic mass is 10.2. The molecule has 1 N–H and O–H groups in total. The number of hydrogen-bond acceptors (Lipinski definition) is 5. The first-order valence-electron chi connectivity index (χ1n) is 5.58. The molecule has 0 unspecified atom stereocenters. The van der Waals surface area contributed by atoms with Crippen LogP contribution in [0.25, 0.3) is 0 Å². The van der Waals surface area contributed by atoms with Crippen molar-refractivity contribution in [3.05, 3.63) is 27.3 Å². The van der Waals surface area contributed by atoms with Crippen LogP contribution in [0.4, 0.5) is 5.69 Å². The van der Waals surface area contributed by atoms with Gasteiger partial charge in [0.25, 0.3) is 0 Å². The van der Waals surface area contributed by atoms with E-state index in [0.29, 0.717) is 23.1 Å². The average Bonchev–Trinajstić information content (AvgIpc) is 2.78. The molecule has 7 heteroatoms. The molecule has 1 aliphatic rings. The van der Waals surface area contributed by atoms with Crippen molar-refractivity contribution in [2.75, 3.05) is 12.4 Å². The Morgan fingerprint density at radius 2 is 2.37 bits per heavy atom. The summed E-state index contributed by atoms with van der Waals surface area (Å²) in [6, 6.07) is 5.13. The molecule has 0 aromatic heterocycles. The van der Waals surface area contributed by atoms with E-state index in [0.717, 1.165) is 9.26 Å². The number of carbonyl (C=O) groups excluding carboxylic acids is 2. The normalized spacial score (nSPS) is 16.5. The zero-order chi connectivity index (χ0) is 13.8. The summed E-state index contributed by atoms with van der Waals surface area (Å²) in [6.45, 7) is 2.12. The minimum atomic E-state index is -0.344. The van der Waals surface area contributed by atoms with Crippen molar-refractivity contribution >= 4 is 57.1 Å². The van der Waals surface area contributed by atoms with Crippen LogP contribution in [-0.2, 0) is 9.53 Å². The van der Waals surface area contributed by atoms with Gasteiger partial charge in [-0.2, -0.15) is 0 Å². The number of amidine groups is 1. The van der Waals surface area contributed by atoms with Crippen molar-refractivity contribution in [1.29, 1.82) is 0 Å². The van der Waals surface area contributed by atoms with E-state index in [-0.39, 0.29) is 11.9 Å². The van der Waals surface area contributed by atoms with Gasteiger partial charge in [-0.1, -0.05) is 11.8 Å². The summed E-state index contributed by atoms with van der Waals surface area (Å²) in [5.41, 5.74) is 1.22. The Hall–Kier alpha value is -1.09. The van der Waals surface area contributed by atoms with E-state index >= 15 is 0 Å². The molecule has 0 atom stereocenters. The van der Waals surface area contributed by atoms with Crippen LogP contribution in [0.2, 0.25) is 0 Å². The van der Waals surface area contributed by atoms with Crippen molar-refractivity contribution in [3.8, 4) is 0 Å². The number of nitrogens with one attached hydrogen (secondary N) is 1. The van der Waals surface area contributed by atoms with Crippen LogP contribution in [0.15, 0.2) is 23.2 Å². The zero-order valence-electron chi connectivity index (χ0n) is 10.1. The fourth-order valence-electron chi connectivity index (χ4n) is 1.43. The van der Waals surface area contributed by atoms with Crippen LogP contribution >= 0.6 is 34.4 Å². The molecule has 5 nitrogen and oxygen atoms in total. The first kappa shape index (κ1) is 14.3. The second-order valence-electron chi connectivity index (χ2n) is 3.64. The highest BCUT2D eigenvalue weighted by Crippen LogP contribution is 2.25. The van der Waals surface area contributed by atoms with Crippen LogP contribution < -0.4 is 5.32 Å². The standard InChI is InChI=1S/C12H11IN2O3S/c1-2-18-11(17)7-3-4-9(8(13)5-7)14-12-15-10(16)6-19-12/h3-5H,2,6H2,1H3,(H,14,15,16). The smallest absolute Gasteiger partial charge is 0.338 e. The fourth-order valence-corrected chi connectivity index (χ4v) is 2.76. The molecule has 1 amide bonds. The molecule has 0 aliphatic carbocycles. The third-order valence-corrected chi connectivity index (χ3v) is 4.00. The lowest BCUT2D eigenvalue weighted by Gasteiger charge is -2.04. The topological polar surface area (TPSA) is 67.8 Å². The van der Waals surface area contributed by atoms with Gasteiger partial charge in [-0.25, -0.2) is 9.79 Å². The summed E-state index contributed by atoms with van der Waals surface area (Å²) in [6.07, 6.45) is 0. The molecule has 1 aliphatic heterocycles. The number of benzene rings is 1. The Bertz CT molecular complexity index is 560. The van der Waals surface area contributed by atoms with Gasteiger partial charge < -0.3 is 10.1 Å². The Kier molecular flexibility index (Phi) is 4.81. The van der Waals surface area contributed by atoms with Crippen LogP contribution in [0.5, 0.6) is 0 Å². The van der Waals surface area contributed by atoms with Gasteiger partial charge >= 0.3 is 5.97 Å². The van der Waals surface area contributed by atoms with Crippen molar-refractivity contribution < 1.29 is 14.3 Å². The van der Waals surface area contributed by atoms with E-state index in [1.807, 2.05) is 0 Å². The third kappa shape index (κ3) is 3.69. The fraction of sp³-hybridized carbons (Fsp3) is 0.250. The minimum Gasteiger partial charge on any atom is -0.462 e. The lowest BCUT2D eigenvalue weighted by Crippen LogP contribution is -2.19. The summed E-state index contributed by atoms with van der Waals surface area (Å²) in [5.74, 6) is 0.0149. The molecule has 0 radical (unpaired) electrons. The van der Waals surface area contributed by atoms with Crippen molar-refractivity contribution in [1.82, 2.24) is 5.32 Å². The first-order valence-corrected chi connectivity index (χ1v) is 7.64. The maximum Gasteiger partial charge on any atom is 0.338 e. The van der Waals surface area contributed by atoms with Gasteiger partial charge in [0.15, 0.2) is 5.17 Å². The number of halogens is 1. The summed E-state index contributed by atoms with van der Waals surface area (Å²) in [5, 5.41) is 3.26. The number of aliphatic imine (C=N–C) groups is 1. The highest BCUT2D eigenvalue weighted by molar-refractivity contribution is 14.1. The Morgan fingerprint density at radius 3 is 2.95 bits per heavy atom. The predicted molar refractivity (Wildman–Crippen MR) is 82.8 cm³/mol.